The smallest absolute Gasteiger partial charge is 0.191 e. The highest BCUT2D eigenvalue weighted by Crippen LogP contribution is 2.35. The maximum Gasteiger partial charge on any atom is 0.191 e. The molecular weight excluding hydrogens is 304 g/mol. The summed E-state index contributed by atoms with van der Waals surface area (Å²) in [5.41, 5.74) is 2.78. The molecule has 1 aromatic heterocycles. The summed E-state index contributed by atoms with van der Waals surface area (Å²) >= 11 is 1.86. The number of nitrogens with zero attached hydrogens (tertiary/aromatic N) is 2. The van der Waals surface area contributed by atoms with Gasteiger partial charge in [-0.15, -0.1) is 11.3 Å². The highest BCUT2D eigenvalue weighted by molar-refractivity contribution is 7.11. The lowest BCUT2D eigenvalue weighted by Crippen LogP contribution is -2.37. The summed E-state index contributed by atoms with van der Waals surface area (Å²) in [5, 5.41) is 7.87. The normalized spacial score (nSPS) is 23.1. The molecule has 4 nitrogen and oxygen atoms in total. The van der Waals surface area contributed by atoms with Crippen molar-refractivity contribution in [2.24, 2.45) is 4.99 Å². The van der Waals surface area contributed by atoms with E-state index >= 15 is 0 Å². The Morgan fingerprint density at radius 3 is 2.96 bits per heavy atom. The number of aryl methyl sites for hydroxylation is 1. The standard InChI is InChI=1S/C18H22N4S/c1-12-10-19-18(21-12)20-11-17-22-15-8-7-14(9-16(15)23-17)13-5-3-2-4-6-13/h2-6,12,14H,7-11H2,1H3,(H2,19,20,21). The molecule has 0 saturated carbocycles. The maximum absolute atomic E-state index is 4.83. The van der Waals surface area contributed by atoms with Gasteiger partial charge in [-0.3, -0.25) is 4.99 Å². The van der Waals surface area contributed by atoms with Crippen molar-refractivity contribution in [2.45, 2.75) is 44.7 Å². The van der Waals surface area contributed by atoms with Crippen molar-refractivity contribution in [3.05, 3.63) is 51.5 Å². The van der Waals surface area contributed by atoms with E-state index in [0.717, 1.165) is 31.9 Å². The first-order valence-electron chi connectivity index (χ1n) is 8.35. The first-order chi connectivity index (χ1) is 11.3. The predicted octanol–water partition coefficient (Wildman–Crippen LogP) is 2.85. The van der Waals surface area contributed by atoms with Gasteiger partial charge in [0.15, 0.2) is 5.96 Å². The van der Waals surface area contributed by atoms with Crippen LogP contribution in [0.2, 0.25) is 0 Å². The lowest BCUT2D eigenvalue weighted by atomic mass is 9.85. The van der Waals surface area contributed by atoms with Crippen molar-refractivity contribution < 1.29 is 0 Å². The third-order valence-corrected chi connectivity index (χ3v) is 5.69. The largest absolute Gasteiger partial charge is 0.352 e. The number of aromatic nitrogens is 1. The Balaban J connectivity index is 1.41. The number of hydrogen-bond donors (Lipinski definition) is 2. The Morgan fingerprint density at radius 1 is 1.30 bits per heavy atom. The number of nitrogens with one attached hydrogen (secondary N) is 2. The van der Waals surface area contributed by atoms with Gasteiger partial charge in [-0.25, -0.2) is 4.98 Å². The van der Waals surface area contributed by atoms with E-state index in [1.54, 1.807) is 0 Å². The van der Waals surface area contributed by atoms with E-state index in [1.807, 2.05) is 11.3 Å². The summed E-state index contributed by atoms with van der Waals surface area (Å²) in [6, 6.07) is 11.3. The molecule has 0 radical (unpaired) electrons. The van der Waals surface area contributed by atoms with Crippen molar-refractivity contribution in [3.8, 4) is 0 Å². The Morgan fingerprint density at radius 2 is 2.17 bits per heavy atom. The average Bonchev–Trinajstić information content (AvgIpc) is 3.18. The zero-order chi connectivity index (χ0) is 15.6. The quantitative estimate of drug-likeness (QED) is 0.912. The van der Waals surface area contributed by atoms with Crippen LogP contribution in [0.1, 0.15) is 40.4 Å². The third-order valence-electron chi connectivity index (χ3n) is 4.57. The fraction of sp³-hybridized carbons (Fsp3) is 0.444. The molecule has 1 aliphatic carbocycles. The van der Waals surface area contributed by atoms with Gasteiger partial charge in [0.25, 0.3) is 0 Å². The van der Waals surface area contributed by atoms with E-state index in [1.165, 1.54) is 27.6 Å². The van der Waals surface area contributed by atoms with Crippen LogP contribution in [0, 0.1) is 0 Å². The number of thiazole rings is 1. The third kappa shape index (κ3) is 3.24. The van der Waals surface area contributed by atoms with Gasteiger partial charge in [0.05, 0.1) is 18.8 Å². The second-order valence-corrected chi connectivity index (χ2v) is 7.58. The van der Waals surface area contributed by atoms with Gasteiger partial charge in [0.2, 0.25) is 0 Å². The Bertz CT molecular complexity index is 707. The highest BCUT2D eigenvalue weighted by atomic mass is 32.1. The van der Waals surface area contributed by atoms with Crippen LogP contribution in [0.5, 0.6) is 0 Å². The molecule has 0 spiro atoms. The first-order valence-corrected chi connectivity index (χ1v) is 9.17. The first kappa shape index (κ1) is 14.7. The molecule has 23 heavy (non-hydrogen) atoms. The van der Waals surface area contributed by atoms with Crippen LogP contribution in [0.15, 0.2) is 35.3 Å². The Hall–Kier alpha value is -1.88. The molecule has 1 aliphatic heterocycles. The summed E-state index contributed by atoms with van der Waals surface area (Å²) in [7, 11) is 0. The average molecular weight is 326 g/mol. The van der Waals surface area contributed by atoms with Crippen LogP contribution in [0.3, 0.4) is 0 Å². The summed E-state index contributed by atoms with van der Waals surface area (Å²) in [4.78, 5) is 10.7. The molecule has 4 rings (SSSR count). The SMILES string of the molecule is CC1CN=C(NCc2nc3c(s2)CC(c2ccccc2)CC3)N1. The molecule has 0 amide bonds. The van der Waals surface area contributed by atoms with E-state index < -0.39 is 0 Å². The zero-order valence-corrected chi connectivity index (χ0v) is 14.2. The number of aliphatic imine (C=N–C) groups is 1. The predicted molar refractivity (Wildman–Crippen MR) is 95.1 cm³/mol. The van der Waals surface area contributed by atoms with Crippen LogP contribution < -0.4 is 10.6 Å². The van der Waals surface area contributed by atoms with E-state index in [0.29, 0.717) is 12.0 Å². The highest BCUT2D eigenvalue weighted by Gasteiger charge is 2.23. The molecule has 2 unspecified atom stereocenters. The van der Waals surface area contributed by atoms with E-state index in [-0.39, 0.29) is 0 Å². The number of benzene rings is 1. The molecule has 0 saturated heterocycles. The molecule has 2 aliphatic rings. The van der Waals surface area contributed by atoms with Crippen molar-refractivity contribution in [1.29, 1.82) is 0 Å². The molecule has 2 heterocycles. The molecule has 0 fully saturated rings. The van der Waals surface area contributed by atoms with Crippen LogP contribution in [-0.4, -0.2) is 23.5 Å². The molecule has 0 bridgehead atoms. The lowest BCUT2D eigenvalue weighted by Gasteiger charge is -2.21. The van der Waals surface area contributed by atoms with Crippen LogP contribution in [0.4, 0.5) is 0 Å². The summed E-state index contributed by atoms with van der Waals surface area (Å²) in [6.45, 7) is 3.77. The summed E-state index contributed by atoms with van der Waals surface area (Å²) in [5.74, 6) is 1.56. The minimum Gasteiger partial charge on any atom is -0.352 e. The molecule has 5 heteroatoms. The van der Waals surface area contributed by atoms with Crippen molar-refractivity contribution in [2.75, 3.05) is 6.54 Å². The fourth-order valence-electron chi connectivity index (χ4n) is 3.33. The van der Waals surface area contributed by atoms with Gasteiger partial charge in [-0.2, -0.15) is 0 Å². The monoisotopic (exact) mass is 326 g/mol. The van der Waals surface area contributed by atoms with Gasteiger partial charge in [0, 0.05) is 10.9 Å². The molecular formula is C18H22N4S. The van der Waals surface area contributed by atoms with Crippen LogP contribution >= 0.6 is 11.3 Å². The fourth-order valence-corrected chi connectivity index (χ4v) is 4.47. The van der Waals surface area contributed by atoms with E-state index in [4.69, 9.17) is 4.98 Å². The zero-order valence-electron chi connectivity index (χ0n) is 13.4. The van der Waals surface area contributed by atoms with Crippen molar-refractivity contribution >= 4 is 17.3 Å². The summed E-state index contributed by atoms with van der Waals surface area (Å²) in [6.07, 6.45) is 3.44. The molecule has 2 N–H and O–H groups in total. The molecule has 2 atom stereocenters. The number of rotatable bonds is 3. The van der Waals surface area contributed by atoms with Crippen molar-refractivity contribution in [3.63, 3.8) is 0 Å². The van der Waals surface area contributed by atoms with E-state index in [2.05, 4.69) is 52.9 Å². The van der Waals surface area contributed by atoms with Crippen molar-refractivity contribution in [1.82, 2.24) is 15.6 Å². The number of guanidine groups is 1. The van der Waals surface area contributed by atoms with Gasteiger partial charge < -0.3 is 10.6 Å². The van der Waals surface area contributed by atoms with Gasteiger partial charge >= 0.3 is 0 Å². The Labute approximate surface area is 141 Å². The maximum atomic E-state index is 4.83. The molecule has 2 aromatic rings. The number of hydrogen-bond acceptors (Lipinski definition) is 5. The van der Waals surface area contributed by atoms with Crippen LogP contribution in [-0.2, 0) is 19.4 Å². The minimum absolute atomic E-state index is 0.439. The molecule has 120 valence electrons. The second-order valence-electron chi connectivity index (χ2n) is 6.42. The van der Waals surface area contributed by atoms with Gasteiger partial charge in [-0.05, 0) is 37.7 Å². The topological polar surface area (TPSA) is 49.3 Å². The number of fused-ring (bicyclic) bond motifs is 1. The van der Waals surface area contributed by atoms with Gasteiger partial charge in [-0.1, -0.05) is 30.3 Å². The summed E-state index contributed by atoms with van der Waals surface area (Å²) < 4.78 is 0. The Kier molecular flexibility index (Phi) is 4.04. The van der Waals surface area contributed by atoms with Gasteiger partial charge in [0.1, 0.15) is 5.01 Å². The minimum atomic E-state index is 0.439. The van der Waals surface area contributed by atoms with Crippen LogP contribution in [0.25, 0.3) is 0 Å². The second kappa shape index (κ2) is 6.32. The lowest BCUT2D eigenvalue weighted by molar-refractivity contribution is 0.583. The van der Waals surface area contributed by atoms with E-state index in [9.17, 15) is 0 Å². The molecule has 1 aromatic carbocycles.